The Labute approximate surface area is 145 Å². The van der Waals surface area contributed by atoms with Crippen LogP contribution in [0, 0.1) is 0 Å². The van der Waals surface area contributed by atoms with Crippen LogP contribution in [0.15, 0.2) is 48.5 Å². The largest absolute Gasteiger partial charge is 0.490 e. The first-order valence-corrected chi connectivity index (χ1v) is 9.01. The summed E-state index contributed by atoms with van der Waals surface area (Å²) in [6.45, 7) is 4.34. The average molecular weight is 325 g/mol. The van der Waals surface area contributed by atoms with Crippen molar-refractivity contribution in [3.8, 4) is 11.5 Å². The van der Waals surface area contributed by atoms with E-state index in [9.17, 15) is 0 Å². The van der Waals surface area contributed by atoms with Crippen LogP contribution in [0.2, 0.25) is 0 Å². The normalized spacial score (nSPS) is 17.5. The van der Waals surface area contributed by atoms with Crippen LogP contribution in [0.4, 0.5) is 0 Å². The molecule has 2 aromatic rings. The summed E-state index contributed by atoms with van der Waals surface area (Å²) in [5, 5.41) is 3.62. The molecule has 1 aliphatic heterocycles. The SMILES string of the molecule is CCOc1cccc(CC2CCCCN2)c1OCc1ccccc1. The maximum absolute atomic E-state index is 6.20. The molecule has 24 heavy (non-hydrogen) atoms. The minimum Gasteiger partial charge on any atom is -0.490 e. The summed E-state index contributed by atoms with van der Waals surface area (Å²) in [5.74, 6) is 1.75. The highest BCUT2D eigenvalue weighted by Crippen LogP contribution is 2.33. The molecule has 3 rings (SSSR count). The number of piperidine rings is 1. The van der Waals surface area contributed by atoms with Crippen LogP contribution in [0.5, 0.6) is 11.5 Å². The lowest BCUT2D eigenvalue weighted by Gasteiger charge is -2.25. The standard InChI is InChI=1S/C21H27NO2/c1-2-23-20-13-8-11-18(15-19-12-6-7-14-22-19)21(20)24-16-17-9-4-3-5-10-17/h3-5,8-11,13,19,22H,2,6-7,12,14-16H2,1H3. The maximum atomic E-state index is 6.20. The zero-order chi connectivity index (χ0) is 16.6. The van der Waals surface area contributed by atoms with Gasteiger partial charge in [-0.25, -0.2) is 0 Å². The van der Waals surface area contributed by atoms with Gasteiger partial charge in [0.15, 0.2) is 11.5 Å². The summed E-state index contributed by atoms with van der Waals surface area (Å²) in [7, 11) is 0. The van der Waals surface area contributed by atoms with Gasteiger partial charge in [0, 0.05) is 6.04 Å². The average Bonchev–Trinajstić information content (AvgIpc) is 2.63. The van der Waals surface area contributed by atoms with Crippen molar-refractivity contribution < 1.29 is 9.47 Å². The topological polar surface area (TPSA) is 30.5 Å². The zero-order valence-corrected chi connectivity index (χ0v) is 14.5. The Morgan fingerprint density at radius 1 is 1.00 bits per heavy atom. The van der Waals surface area contributed by atoms with Gasteiger partial charge in [0.2, 0.25) is 0 Å². The Morgan fingerprint density at radius 3 is 2.62 bits per heavy atom. The lowest BCUT2D eigenvalue weighted by Crippen LogP contribution is -2.35. The van der Waals surface area contributed by atoms with Gasteiger partial charge in [-0.2, -0.15) is 0 Å². The molecule has 128 valence electrons. The molecule has 1 aliphatic rings. The van der Waals surface area contributed by atoms with E-state index in [0.29, 0.717) is 19.3 Å². The lowest BCUT2D eigenvalue weighted by atomic mass is 9.97. The van der Waals surface area contributed by atoms with Crippen LogP contribution in [-0.2, 0) is 13.0 Å². The summed E-state index contributed by atoms with van der Waals surface area (Å²) >= 11 is 0. The zero-order valence-electron chi connectivity index (χ0n) is 14.5. The Kier molecular flexibility index (Phi) is 6.13. The quantitative estimate of drug-likeness (QED) is 0.821. The first-order valence-electron chi connectivity index (χ1n) is 9.01. The van der Waals surface area contributed by atoms with Crippen LogP contribution < -0.4 is 14.8 Å². The van der Waals surface area contributed by atoms with Crippen LogP contribution in [0.1, 0.15) is 37.3 Å². The van der Waals surface area contributed by atoms with Crippen LogP contribution in [0.3, 0.4) is 0 Å². The molecule has 3 heteroatoms. The predicted octanol–water partition coefficient (Wildman–Crippen LogP) is 4.35. The number of hydrogen-bond acceptors (Lipinski definition) is 3. The maximum Gasteiger partial charge on any atom is 0.164 e. The molecule has 0 spiro atoms. The highest BCUT2D eigenvalue weighted by molar-refractivity contribution is 5.47. The fraction of sp³-hybridized carbons (Fsp3) is 0.429. The summed E-state index contributed by atoms with van der Waals surface area (Å²) in [6.07, 6.45) is 4.82. The molecular weight excluding hydrogens is 298 g/mol. The van der Waals surface area contributed by atoms with Gasteiger partial charge in [-0.05, 0) is 49.9 Å². The molecule has 0 saturated carbocycles. The second-order valence-corrected chi connectivity index (χ2v) is 6.30. The molecule has 0 aliphatic carbocycles. The smallest absolute Gasteiger partial charge is 0.164 e. The van der Waals surface area contributed by atoms with Crippen molar-refractivity contribution >= 4 is 0 Å². The Hall–Kier alpha value is -2.00. The van der Waals surface area contributed by atoms with Gasteiger partial charge in [0.25, 0.3) is 0 Å². The molecule has 0 bridgehead atoms. The highest BCUT2D eigenvalue weighted by atomic mass is 16.5. The van der Waals surface area contributed by atoms with E-state index in [1.165, 1.54) is 30.4 Å². The van der Waals surface area contributed by atoms with Gasteiger partial charge in [-0.3, -0.25) is 0 Å². The molecule has 0 aromatic heterocycles. The fourth-order valence-corrected chi connectivity index (χ4v) is 3.25. The van der Waals surface area contributed by atoms with Crippen molar-refractivity contribution in [2.45, 2.75) is 45.3 Å². The molecule has 1 saturated heterocycles. The van der Waals surface area contributed by atoms with Gasteiger partial charge in [0.05, 0.1) is 6.61 Å². The van der Waals surface area contributed by atoms with Crippen molar-refractivity contribution in [3.63, 3.8) is 0 Å². The van der Waals surface area contributed by atoms with Crippen LogP contribution in [-0.4, -0.2) is 19.2 Å². The van der Waals surface area contributed by atoms with Gasteiger partial charge in [0.1, 0.15) is 6.61 Å². The number of nitrogens with one attached hydrogen (secondary N) is 1. The van der Waals surface area contributed by atoms with Crippen LogP contribution >= 0.6 is 0 Å². The van der Waals surface area contributed by atoms with E-state index in [1.54, 1.807) is 0 Å². The Bertz CT molecular complexity index is 621. The van der Waals surface area contributed by atoms with Gasteiger partial charge in [-0.15, -0.1) is 0 Å². The van der Waals surface area contributed by atoms with Gasteiger partial charge in [-0.1, -0.05) is 48.9 Å². The van der Waals surface area contributed by atoms with E-state index in [1.807, 2.05) is 31.2 Å². The number of para-hydroxylation sites is 1. The molecule has 2 aromatic carbocycles. The third-order valence-corrected chi connectivity index (χ3v) is 4.46. The minimum absolute atomic E-state index is 0.537. The summed E-state index contributed by atoms with van der Waals surface area (Å²) in [5.41, 5.74) is 2.40. The van der Waals surface area contributed by atoms with E-state index >= 15 is 0 Å². The number of ether oxygens (including phenoxy) is 2. The number of benzene rings is 2. The minimum atomic E-state index is 0.537. The molecule has 1 atom stereocenters. The van der Waals surface area contributed by atoms with Gasteiger partial charge < -0.3 is 14.8 Å². The molecule has 1 heterocycles. The Balaban J connectivity index is 1.77. The molecule has 1 unspecified atom stereocenters. The fourth-order valence-electron chi connectivity index (χ4n) is 3.25. The molecule has 1 fully saturated rings. The van der Waals surface area contributed by atoms with E-state index < -0.39 is 0 Å². The molecule has 0 radical (unpaired) electrons. The number of hydrogen-bond donors (Lipinski definition) is 1. The van der Waals surface area contributed by atoms with Crippen molar-refractivity contribution in [2.24, 2.45) is 0 Å². The first kappa shape index (κ1) is 16.8. The third kappa shape index (κ3) is 4.51. The summed E-state index contributed by atoms with van der Waals surface area (Å²) in [6, 6.07) is 17.1. The predicted molar refractivity (Wildman–Crippen MR) is 97.7 cm³/mol. The molecular formula is C21H27NO2. The Morgan fingerprint density at radius 2 is 1.88 bits per heavy atom. The van der Waals surface area contributed by atoms with E-state index in [2.05, 4.69) is 29.6 Å². The second-order valence-electron chi connectivity index (χ2n) is 6.30. The molecule has 3 nitrogen and oxygen atoms in total. The van der Waals surface area contributed by atoms with Crippen molar-refractivity contribution in [1.29, 1.82) is 0 Å². The van der Waals surface area contributed by atoms with Crippen molar-refractivity contribution in [2.75, 3.05) is 13.2 Å². The molecule has 1 N–H and O–H groups in total. The highest BCUT2D eigenvalue weighted by Gasteiger charge is 2.18. The third-order valence-electron chi connectivity index (χ3n) is 4.46. The first-order chi connectivity index (χ1) is 11.9. The van der Waals surface area contributed by atoms with Crippen LogP contribution in [0.25, 0.3) is 0 Å². The summed E-state index contributed by atoms with van der Waals surface area (Å²) < 4.78 is 12.0. The van der Waals surface area contributed by atoms with E-state index in [4.69, 9.17) is 9.47 Å². The van der Waals surface area contributed by atoms with Crippen molar-refractivity contribution in [1.82, 2.24) is 5.32 Å². The van der Waals surface area contributed by atoms with E-state index in [-0.39, 0.29) is 0 Å². The van der Waals surface area contributed by atoms with E-state index in [0.717, 1.165) is 24.5 Å². The molecule has 0 amide bonds. The monoisotopic (exact) mass is 325 g/mol. The summed E-state index contributed by atoms with van der Waals surface area (Å²) in [4.78, 5) is 0. The second kappa shape index (κ2) is 8.74. The van der Waals surface area contributed by atoms with Crippen molar-refractivity contribution in [3.05, 3.63) is 59.7 Å². The lowest BCUT2D eigenvalue weighted by molar-refractivity contribution is 0.265. The number of rotatable bonds is 7. The van der Waals surface area contributed by atoms with Gasteiger partial charge >= 0.3 is 0 Å².